The predicted molar refractivity (Wildman–Crippen MR) is 72.5 cm³/mol. The van der Waals surface area contributed by atoms with E-state index in [2.05, 4.69) is 5.32 Å². The Hall–Kier alpha value is -0.810. The minimum Gasteiger partial charge on any atom is -0.444 e. The van der Waals surface area contributed by atoms with Crippen LogP contribution in [0.25, 0.3) is 0 Å². The third-order valence-electron chi connectivity index (χ3n) is 2.96. The van der Waals surface area contributed by atoms with E-state index in [-0.39, 0.29) is 6.09 Å². The predicted octanol–water partition coefficient (Wildman–Crippen LogP) is 1.32. The van der Waals surface area contributed by atoms with Crippen molar-refractivity contribution in [2.24, 2.45) is 5.73 Å². The summed E-state index contributed by atoms with van der Waals surface area (Å²) in [5.74, 6) is 0. The van der Waals surface area contributed by atoms with Crippen molar-refractivity contribution < 1.29 is 9.53 Å². The average molecular weight is 257 g/mol. The Morgan fingerprint density at radius 1 is 1.39 bits per heavy atom. The van der Waals surface area contributed by atoms with Crippen LogP contribution in [0.4, 0.5) is 4.79 Å². The van der Waals surface area contributed by atoms with Gasteiger partial charge in [-0.3, -0.25) is 0 Å². The molecule has 3 N–H and O–H groups in total. The molecule has 0 bridgehead atoms. The van der Waals surface area contributed by atoms with Gasteiger partial charge in [0.2, 0.25) is 0 Å². The fourth-order valence-corrected chi connectivity index (χ4v) is 2.00. The van der Waals surface area contributed by atoms with Crippen LogP contribution in [0.15, 0.2) is 0 Å². The number of carbonyl (C=O) groups is 1. The molecular weight excluding hydrogens is 230 g/mol. The van der Waals surface area contributed by atoms with Crippen LogP contribution in [0.5, 0.6) is 0 Å². The summed E-state index contributed by atoms with van der Waals surface area (Å²) in [6.45, 7) is 8.92. The monoisotopic (exact) mass is 257 g/mol. The molecule has 1 aliphatic heterocycles. The number of nitrogens with two attached hydrogens (primary N) is 1. The number of amides is 1. The molecule has 0 aromatic heterocycles. The van der Waals surface area contributed by atoms with E-state index in [1.54, 1.807) is 4.90 Å². The van der Waals surface area contributed by atoms with Gasteiger partial charge in [0, 0.05) is 19.1 Å². The topological polar surface area (TPSA) is 67.6 Å². The van der Waals surface area contributed by atoms with Crippen molar-refractivity contribution in [2.75, 3.05) is 26.2 Å². The molecule has 0 aliphatic carbocycles. The molecule has 1 saturated heterocycles. The average Bonchev–Trinajstić information content (AvgIpc) is 2.28. The number of rotatable bonds is 4. The maximum atomic E-state index is 11.8. The Labute approximate surface area is 110 Å². The third-order valence-corrected chi connectivity index (χ3v) is 2.96. The summed E-state index contributed by atoms with van der Waals surface area (Å²) < 4.78 is 5.36. The molecule has 18 heavy (non-hydrogen) atoms. The van der Waals surface area contributed by atoms with E-state index in [1.807, 2.05) is 20.8 Å². The zero-order chi connectivity index (χ0) is 13.6. The number of carbonyl (C=O) groups excluding carboxylic acids is 1. The molecule has 0 saturated carbocycles. The summed E-state index contributed by atoms with van der Waals surface area (Å²) in [5, 5.41) is 3.47. The van der Waals surface area contributed by atoms with E-state index in [9.17, 15) is 4.79 Å². The highest BCUT2D eigenvalue weighted by molar-refractivity contribution is 5.68. The smallest absolute Gasteiger partial charge is 0.410 e. The van der Waals surface area contributed by atoms with Crippen LogP contribution in [0.2, 0.25) is 0 Å². The highest BCUT2D eigenvalue weighted by atomic mass is 16.6. The van der Waals surface area contributed by atoms with Crippen LogP contribution < -0.4 is 11.1 Å². The minimum atomic E-state index is -0.409. The van der Waals surface area contributed by atoms with E-state index in [0.717, 1.165) is 45.4 Å². The van der Waals surface area contributed by atoms with E-state index < -0.39 is 5.60 Å². The van der Waals surface area contributed by atoms with Gasteiger partial charge in [-0.1, -0.05) is 0 Å². The third kappa shape index (κ3) is 5.69. The number of hydrogen-bond donors (Lipinski definition) is 2. The van der Waals surface area contributed by atoms with Crippen LogP contribution in [-0.2, 0) is 4.74 Å². The molecule has 1 amide bonds. The summed E-state index contributed by atoms with van der Waals surface area (Å²) in [6, 6.07) is 0.509. The second-order valence-electron chi connectivity index (χ2n) is 5.84. The Balaban J connectivity index is 2.24. The molecule has 1 heterocycles. The fraction of sp³-hybridized carbons (Fsp3) is 0.923. The Kier molecular flexibility index (Phi) is 5.88. The molecule has 0 unspecified atom stereocenters. The first kappa shape index (κ1) is 15.2. The molecule has 0 atom stereocenters. The Morgan fingerprint density at radius 2 is 2.00 bits per heavy atom. The molecule has 5 nitrogen and oxygen atoms in total. The van der Waals surface area contributed by atoms with Crippen LogP contribution in [0.1, 0.15) is 40.0 Å². The highest BCUT2D eigenvalue weighted by Crippen LogP contribution is 2.15. The summed E-state index contributed by atoms with van der Waals surface area (Å²) in [7, 11) is 0. The van der Waals surface area contributed by atoms with Gasteiger partial charge in [0.25, 0.3) is 0 Å². The molecule has 1 aliphatic rings. The molecule has 0 radical (unpaired) electrons. The SMILES string of the molecule is CC(C)(C)OC(=O)N1CCC(NCCCN)CC1. The molecule has 0 spiro atoms. The van der Waals surface area contributed by atoms with Crippen LogP contribution in [0, 0.1) is 0 Å². The molecular formula is C13H27N3O2. The summed E-state index contributed by atoms with van der Waals surface area (Å²) in [6.07, 6.45) is 2.79. The highest BCUT2D eigenvalue weighted by Gasteiger charge is 2.26. The van der Waals surface area contributed by atoms with Gasteiger partial charge in [-0.05, 0) is 53.1 Å². The number of nitrogens with zero attached hydrogens (tertiary/aromatic N) is 1. The molecule has 1 fully saturated rings. The van der Waals surface area contributed by atoms with Crippen molar-refractivity contribution in [1.29, 1.82) is 0 Å². The zero-order valence-corrected chi connectivity index (χ0v) is 11.9. The first-order valence-electron chi connectivity index (χ1n) is 6.84. The van der Waals surface area contributed by atoms with Gasteiger partial charge in [-0.15, -0.1) is 0 Å². The summed E-state index contributed by atoms with van der Waals surface area (Å²) in [4.78, 5) is 13.6. The lowest BCUT2D eigenvalue weighted by atomic mass is 10.1. The quantitative estimate of drug-likeness (QED) is 0.746. The van der Waals surface area contributed by atoms with Gasteiger partial charge < -0.3 is 20.7 Å². The van der Waals surface area contributed by atoms with Crippen molar-refractivity contribution in [3.8, 4) is 0 Å². The van der Waals surface area contributed by atoms with E-state index in [4.69, 9.17) is 10.5 Å². The lowest BCUT2D eigenvalue weighted by Gasteiger charge is -2.33. The Bertz CT molecular complexity index is 255. The van der Waals surface area contributed by atoms with E-state index in [1.165, 1.54) is 0 Å². The molecule has 106 valence electrons. The van der Waals surface area contributed by atoms with Crippen LogP contribution in [-0.4, -0.2) is 48.8 Å². The van der Waals surface area contributed by atoms with Crippen molar-refractivity contribution in [3.05, 3.63) is 0 Å². The first-order valence-corrected chi connectivity index (χ1v) is 6.84. The Morgan fingerprint density at radius 3 is 2.50 bits per heavy atom. The largest absolute Gasteiger partial charge is 0.444 e. The lowest BCUT2D eigenvalue weighted by Crippen LogP contribution is -2.46. The summed E-state index contributed by atoms with van der Waals surface area (Å²) >= 11 is 0. The van der Waals surface area contributed by atoms with Crippen molar-refractivity contribution >= 4 is 6.09 Å². The maximum Gasteiger partial charge on any atom is 0.410 e. The van der Waals surface area contributed by atoms with Crippen LogP contribution >= 0.6 is 0 Å². The summed E-state index contributed by atoms with van der Waals surface area (Å²) in [5.41, 5.74) is 5.05. The molecule has 1 rings (SSSR count). The van der Waals surface area contributed by atoms with Gasteiger partial charge in [0.05, 0.1) is 0 Å². The van der Waals surface area contributed by atoms with E-state index in [0.29, 0.717) is 6.04 Å². The second-order valence-corrected chi connectivity index (χ2v) is 5.84. The van der Waals surface area contributed by atoms with E-state index >= 15 is 0 Å². The number of ether oxygens (including phenoxy) is 1. The van der Waals surface area contributed by atoms with Crippen molar-refractivity contribution in [2.45, 2.75) is 51.7 Å². The fourth-order valence-electron chi connectivity index (χ4n) is 2.00. The van der Waals surface area contributed by atoms with Gasteiger partial charge >= 0.3 is 6.09 Å². The van der Waals surface area contributed by atoms with Gasteiger partial charge in [0.15, 0.2) is 0 Å². The number of hydrogen-bond acceptors (Lipinski definition) is 4. The lowest BCUT2D eigenvalue weighted by molar-refractivity contribution is 0.0198. The maximum absolute atomic E-state index is 11.8. The molecule has 0 aromatic rings. The van der Waals surface area contributed by atoms with Gasteiger partial charge in [-0.2, -0.15) is 0 Å². The second kappa shape index (κ2) is 6.95. The zero-order valence-electron chi connectivity index (χ0n) is 11.9. The normalized spacial score (nSPS) is 17.9. The minimum absolute atomic E-state index is 0.192. The molecule has 5 heteroatoms. The van der Waals surface area contributed by atoms with Crippen LogP contribution in [0.3, 0.4) is 0 Å². The number of piperidine rings is 1. The molecule has 0 aromatic carbocycles. The van der Waals surface area contributed by atoms with Crippen molar-refractivity contribution in [3.63, 3.8) is 0 Å². The number of nitrogens with one attached hydrogen (secondary N) is 1. The standard InChI is InChI=1S/C13H27N3O2/c1-13(2,3)18-12(17)16-9-5-11(6-10-16)15-8-4-7-14/h11,15H,4-10,14H2,1-3H3. The van der Waals surface area contributed by atoms with Gasteiger partial charge in [-0.25, -0.2) is 4.79 Å². The first-order chi connectivity index (χ1) is 8.42. The van der Waals surface area contributed by atoms with Gasteiger partial charge in [0.1, 0.15) is 5.60 Å². The number of likely N-dealkylation sites (tertiary alicyclic amines) is 1. The van der Waals surface area contributed by atoms with Crippen molar-refractivity contribution in [1.82, 2.24) is 10.2 Å².